The third-order valence-electron chi connectivity index (χ3n) is 7.64. The quantitative estimate of drug-likeness (QED) is 0.578. The van der Waals surface area contributed by atoms with Crippen molar-refractivity contribution >= 4 is 11.7 Å². The number of hydrogen-bond acceptors (Lipinski definition) is 4. The van der Waals surface area contributed by atoms with Crippen LogP contribution in [-0.4, -0.2) is 59.0 Å². The van der Waals surface area contributed by atoms with Gasteiger partial charge in [0.1, 0.15) is 5.82 Å². The summed E-state index contributed by atoms with van der Waals surface area (Å²) in [6.45, 7) is 4.26. The number of nitrogens with zero attached hydrogens (tertiary/aromatic N) is 4. The van der Waals surface area contributed by atoms with Gasteiger partial charge in [-0.3, -0.25) is 9.69 Å². The monoisotopic (exact) mass is 486 g/mol. The molecule has 188 valence electrons. The van der Waals surface area contributed by atoms with Crippen LogP contribution in [0.5, 0.6) is 0 Å². The van der Waals surface area contributed by atoms with Crippen LogP contribution in [0, 0.1) is 5.92 Å². The number of alkyl halides is 3. The zero-order chi connectivity index (χ0) is 24.4. The second-order valence-corrected chi connectivity index (χ2v) is 10.1. The molecule has 5 rings (SSSR count). The van der Waals surface area contributed by atoms with Crippen molar-refractivity contribution in [2.45, 2.75) is 63.3 Å². The third kappa shape index (κ3) is 5.80. The first-order valence-corrected chi connectivity index (χ1v) is 12.7. The lowest BCUT2D eigenvalue weighted by Crippen LogP contribution is -2.51. The summed E-state index contributed by atoms with van der Waals surface area (Å²) in [6, 6.07) is 13.8. The maximum absolute atomic E-state index is 13.6. The summed E-state index contributed by atoms with van der Waals surface area (Å²) >= 11 is 0. The second-order valence-electron chi connectivity index (χ2n) is 10.1. The minimum Gasteiger partial charge on any atom is -0.357 e. The fourth-order valence-electron chi connectivity index (χ4n) is 5.52. The second kappa shape index (κ2) is 10.2. The topological polar surface area (TPSA) is 39.7 Å². The number of hydrogen-bond donors (Lipinski definition) is 0. The van der Waals surface area contributed by atoms with Gasteiger partial charge in [0, 0.05) is 56.9 Å². The van der Waals surface area contributed by atoms with Crippen LogP contribution in [0.2, 0.25) is 0 Å². The number of carbonyl (C=O) groups excluding carboxylic acids is 1. The van der Waals surface area contributed by atoms with Gasteiger partial charge in [-0.1, -0.05) is 30.3 Å². The van der Waals surface area contributed by atoms with Crippen LogP contribution in [0.1, 0.15) is 49.7 Å². The molecule has 1 aromatic carbocycles. The predicted molar refractivity (Wildman–Crippen MR) is 129 cm³/mol. The number of rotatable bonds is 6. The maximum atomic E-state index is 13.6. The van der Waals surface area contributed by atoms with Crippen molar-refractivity contribution in [2.24, 2.45) is 5.92 Å². The number of pyridine rings is 1. The molecule has 1 aliphatic carbocycles. The van der Waals surface area contributed by atoms with E-state index < -0.39 is 11.7 Å². The first-order valence-electron chi connectivity index (χ1n) is 12.7. The highest BCUT2D eigenvalue weighted by Gasteiger charge is 2.41. The van der Waals surface area contributed by atoms with Gasteiger partial charge < -0.3 is 9.80 Å². The zero-order valence-electron chi connectivity index (χ0n) is 20.0. The van der Waals surface area contributed by atoms with Gasteiger partial charge in [-0.15, -0.1) is 0 Å². The molecule has 1 saturated carbocycles. The Labute approximate surface area is 204 Å². The van der Waals surface area contributed by atoms with Crippen molar-refractivity contribution in [1.82, 2.24) is 14.8 Å². The van der Waals surface area contributed by atoms with Crippen LogP contribution in [0.4, 0.5) is 19.0 Å². The van der Waals surface area contributed by atoms with E-state index in [1.807, 2.05) is 11.0 Å². The molecule has 0 spiro atoms. The van der Waals surface area contributed by atoms with E-state index >= 15 is 0 Å². The maximum Gasteiger partial charge on any atom is 0.417 e. The van der Waals surface area contributed by atoms with Gasteiger partial charge in [-0.25, -0.2) is 4.98 Å². The van der Waals surface area contributed by atoms with Crippen LogP contribution in [-0.2, 0) is 17.5 Å². The van der Waals surface area contributed by atoms with E-state index in [1.165, 1.54) is 11.6 Å². The molecule has 0 atom stereocenters. The molecule has 8 heteroatoms. The van der Waals surface area contributed by atoms with Crippen molar-refractivity contribution in [3.63, 3.8) is 0 Å². The normalized spacial score (nSPS) is 20.7. The third-order valence-corrected chi connectivity index (χ3v) is 7.64. The molecule has 1 aromatic heterocycles. The van der Waals surface area contributed by atoms with E-state index in [-0.39, 0.29) is 11.8 Å². The molecule has 3 heterocycles. The standard InChI is InChI=1S/C27H33F3N4O/c28-27(29,30)22-6-9-25(31-18-22)33-16-10-21(11-17-33)26(35)34(23-7-8-23)24-12-14-32(15-13-24)19-20-4-2-1-3-5-20/h1-6,9,18,21,23-24H,7-8,10-17,19H2. The Morgan fingerprint density at radius 1 is 0.886 bits per heavy atom. The van der Waals surface area contributed by atoms with E-state index in [0.717, 1.165) is 70.4 Å². The fourth-order valence-corrected chi connectivity index (χ4v) is 5.52. The van der Waals surface area contributed by atoms with E-state index in [0.29, 0.717) is 31.0 Å². The Morgan fingerprint density at radius 2 is 1.54 bits per heavy atom. The smallest absolute Gasteiger partial charge is 0.357 e. The Kier molecular flexibility index (Phi) is 7.00. The number of aromatic nitrogens is 1. The van der Waals surface area contributed by atoms with Gasteiger partial charge >= 0.3 is 6.18 Å². The molecule has 2 saturated heterocycles. The molecule has 2 aliphatic heterocycles. The average molecular weight is 487 g/mol. The molecule has 0 bridgehead atoms. The number of halogens is 3. The molecule has 2 aromatic rings. The lowest BCUT2D eigenvalue weighted by Gasteiger charge is -2.41. The minimum absolute atomic E-state index is 0.0105. The van der Waals surface area contributed by atoms with Crippen LogP contribution >= 0.6 is 0 Å². The van der Waals surface area contributed by atoms with Gasteiger partial charge in [0.15, 0.2) is 0 Å². The molecule has 5 nitrogen and oxygen atoms in total. The lowest BCUT2D eigenvalue weighted by molar-refractivity contribution is -0.140. The summed E-state index contributed by atoms with van der Waals surface area (Å²) in [5.74, 6) is 0.825. The Morgan fingerprint density at radius 3 is 2.11 bits per heavy atom. The SMILES string of the molecule is O=C(C1CCN(c2ccc(C(F)(F)F)cn2)CC1)N(C1CC1)C1CCN(Cc2ccccc2)CC1. The van der Waals surface area contributed by atoms with E-state index in [2.05, 4.69) is 39.0 Å². The summed E-state index contributed by atoms with van der Waals surface area (Å²) in [5.41, 5.74) is 0.594. The van der Waals surface area contributed by atoms with Gasteiger partial charge in [-0.2, -0.15) is 13.2 Å². The van der Waals surface area contributed by atoms with E-state index in [1.54, 1.807) is 0 Å². The highest BCUT2D eigenvalue weighted by Crippen LogP contribution is 2.36. The Bertz CT molecular complexity index is 978. The van der Waals surface area contributed by atoms with Crippen molar-refractivity contribution in [3.8, 4) is 0 Å². The van der Waals surface area contributed by atoms with E-state index in [9.17, 15) is 18.0 Å². The Hall–Kier alpha value is -2.61. The lowest BCUT2D eigenvalue weighted by atomic mass is 9.93. The molecule has 0 N–H and O–H groups in total. The number of anilines is 1. The van der Waals surface area contributed by atoms with Crippen molar-refractivity contribution in [2.75, 3.05) is 31.1 Å². The highest BCUT2D eigenvalue weighted by atomic mass is 19.4. The number of benzene rings is 1. The van der Waals surface area contributed by atoms with E-state index in [4.69, 9.17) is 0 Å². The zero-order valence-corrected chi connectivity index (χ0v) is 20.0. The first kappa shape index (κ1) is 24.1. The minimum atomic E-state index is -4.38. The van der Waals surface area contributed by atoms with Crippen molar-refractivity contribution in [1.29, 1.82) is 0 Å². The largest absolute Gasteiger partial charge is 0.417 e. The number of piperidine rings is 2. The van der Waals surface area contributed by atoms with Crippen molar-refractivity contribution in [3.05, 3.63) is 59.8 Å². The predicted octanol–water partition coefficient (Wildman–Crippen LogP) is 4.97. The molecule has 35 heavy (non-hydrogen) atoms. The number of amides is 1. The summed E-state index contributed by atoms with van der Waals surface area (Å²) in [5, 5.41) is 0. The summed E-state index contributed by atoms with van der Waals surface area (Å²) in [4.78, 5) is 24.3. The molecular formula is C27H33F3N4O. The fraction of sp³-hybridized carbons (Fsp3) is 0.556. The molecule has 0 unspecified atom stereocenters. The molecule has 3 fully saturated rings. The van der Waals surface area contributed by atoms with Crippen LogP contribution in [0.25, 0.3) is 0 Å². The van der Waals surface area contributed by atoms with Gasteiger partial charge in [0.25, 0.3) is 0 Å². The van der Waals surface area contributed by atoms with Crippen molar-refractivity contribution < 1.29 is 18.0 Å². The molecule has 0 radical (unpaired) electrons. The molecule has 1 amide bonds. The van der Waals surface area contributed by atoms with Gasteiger partial charge in [0.05, 0.1) is 5.56 Å². The average Bonchev–Trinajstić information content (AvgIpc) is 3.71. The highest BCUT2D eigenvalue weighted by molar-refractivity contribution is 5.80. The van der Waals surface area contributed by atoms with Gasteiger partial charge in [0.2, 0.25) is 5.91 Å². The molecule has 3 aliphatic rings. The first-order chi connectivity index (χ1) is 16.9. The van der Waals surface area contributed by atoms with Gasteiger partial charge in [-0.05, 0) is 56.2 Å². The van der Waals surface area contributed by atoms with Crippen LogP contribution in [0.3, 0.4) is 0 Å². The van der Waals surface area contributed by atoms with Crippen LogP contribution < -0.4 is 4.90 Å². The van der Waals surface area contributed by atoms with Crippen LogP contribution in [0.15, 0.2) is 48.7 Å². The molecular weight excluding hydrogens is 453 g/mol. The summed E-state index contributed by atoms with van der Waals surface area (Å²) in [7, 11) is 0. The summed E-state index contributed by atoms with van der Waals surface area (Å²) < 4.78 is 38.5. The number of likely N-dealkylation sites (tertiary alicyclic amines) is 1. The summed E-state index contributed by atoms with van der Waals surface area (Å²) in [6.07, 6.45) is 2.19. The Balaban J connectivity index is 1.14. The number of carbonyl (C=O) groups is 1.